The van der Waals surface area contributed by atoms with Gasteiger partial charge in [0.25, 0.3) is 5.91 Å². The van der Waals surface area contributed by atoms with Crippen LogP contribution < -0.4 is 11.1 Å². The van der Waals surface area contributed by atoms with Crippen molar-refractivity contribution in [1.29, 1.82) is 5.26 Å². The van der Waals surface area contributed by atoms with E-state index in [1.165, 1.54) is 23.2 Å². The van der Waals surface area contributed by atoms with Gasteiger partial charge in [-0.1, -0.05) is 11.6 Å². The number of hydrogen-bond donors (Lipinski definition) is 2. The van der Waals surface area contributed by atoms with Crippen molar-refractivity contribution in [2.75, 3.05) is 31.7 Å². The van der Waals surface area contributed by atoms with Gasteiger partial charge in [-0.25, -0.2) is 9.37 Å². The first-order valence-electron chi connectivity index (χ1n) is 11.4. The van der Waals surface area contributed by atoms with Crippen LogP contribution in [-0.2, 0) is 5.41 Å². The maximum Gasteiger partial charge on any atom is 0.258 e. The summed E-state index contributed by atoms with van der Waals surface area (Å²) >= 11 is 6.97. The zero-order chi connectivity index (χ0) is 25.1. The molecule has 180 valence electrons. The van der Waals surface area contributed by atoms with E-state index in [9.17, 15) is 10.1 Å². The number of carbonyl (C=O) groups is 1. The summed E-state index contributed by atoms with van der Waals surface area (Å²) in [4.78, 5) is 18.4. The Morgan fingerprint density at radius 1 is 1.40 bits per heavy atom. The Hall–Kier alpha value is -3.64. The Morgan fingerprint density at radius 2 is 2.17 bits per heavy atom. The van der Waals surface area contributed by atoms with Crippen molar-refractivity contribution in [2.24, 2.45) is 0 Å². The highest BCUT2D eigenvalue weighted by Crippen LogP contribution is 2.54. The molecule has 3 heterocycles. The standard InChI is InChI=1S/C25H25ClFN7O/c1-13-8-15(10-28)34(32-13)14-6-7-25(9-14)12-31-23-20(25)21(26)17(11-30-23)16-4-5-18(29)19(22(16)27)24(35)33(2)3/h4-5,8,11,14H,6-7,9,12,29H2,1-3H3,(H,30,31)/t14-,25+/m0/s1. The largest absolute Gasteiger partial charge is 0.398 e. The van der Waals surface area contributed by atoms with E-state index >= 15 is 4.39 Å². The summed E-state index contributed by atoms with van der Waals surface area (Å²) in [6.45, 7) is 2.52. The van der Waals surface area contributed by atoms with E-state index in [0.717, 1.165) is 30.5 Å². The third kappa shape index (κ3) is 3.51. The summed E-state index contributed by atoms with van der Waals surface area (Å²) in [5.74, 6) is -0.564. The minimum atomic E-state index is -0.720. The van der Waals surface area contributed by atoms with Gasteiger partial charge in [-0.15, -0.1) is 0 Å². The molecule has 3 aromatic rings. The third-order valence-corrected chi connectivity index (χ3v) is 7.52. The van der Waals surface area contributed by atoms with Crippen LogP contribution in [0.5, 0.6) is 0 Å². The molecule has 2 atom stereocenters. The number of aromatic nitrogens is 3. The Morgan fingerprint density at radius 3 is 2.89 bits per heavy atom. The number of nitrogens with one attached hydrogen (secondary N) is 1. The van der Waals surface area contributed by atoms with Gasteiger partial charge in [0.15, 0.2) is 0 Å². The van der Waals surface area contributed by atoms with Crippen molar-refractivity contribution in [3.05, 3.63) is 57.8 Å². The first-order chi connectivity index (χ1) is 16.7. The molecule has 1 spiro atoms. The number of benzene rings is 1. The predicted molar refractivity (Wildman–Crippen MR) is 132 cm³/mol. The molecule has 2 aromatic heterocycles. The molecule has 0 unspecified atom stereocenters. The van der Waals surface area contributed by atoms with Crippen molar-refractivity contribution in [1.82, 2.24) is 19.7 Å². The molecule has 1 aliphatic heterocycles. The van der Waals surface area contributed by atoms with Gasteiger partial charge in [0.2, 0.25) is 0 Å². The van der Waals surface area contributed by atoms with Crippen LogP contribution in [-0.4, -0.2) is 46.2 Å². The summed E-state index contributed by atoms with van der Waals surface area (Å²) in [5, 5.41) is 17.8. The molecule has 1 aliphatic carbocycles. The average Bonchev–Trinajstić information content (AvgIpc) is 3.52. The average molecular weight is 494 g/mol. The SMILES string of the molecule is Cc1cc(C#N)n([C@H]2CC[C@]3(CNc4ncc(-c5ccc(N)c(C(=O)N(C)C)c5F)c(Cl)c43)C2)n1. The summed E-state index contributed by atoms with van der Waals surface area (Å²) in [6.07, 6.45) is 3.90. The van der Waals surface area contributed by atoms with Gasteiger partial charge in [0, 0.05) is 54.6 Å². The van der Waals surface area contributed by atoms with Crippen LogP contribution in [0.2, 0.25) is 5.02 Å². The Kier molecular flexibility index (Phi) is 5.44. The summed E-state index contributed by atoms with van der Waals surface area (Å²) in [5.41, 5.74) is 8.28. The number of rotatable bonds is 3. The number of pyridine rings is 1. The van der Waals surface area contributed by atoms with Crippen molar-refractivity contribution in [3.8, 4) is 17.2 Å². The van der Waals surface area contributed by atoms with E-state index in [1.54, 1.807) is 20.2 Å². The summed E-state index contributed by atoms with van der Waals surface area (Å²) in [6, 6.07) is 7.11. The Balaban J connectivity index is 1.58. The van der Waals surface area contributed by atoms with Gasteiger partial charge in [-0.05, 0) is 44.4 Å². The second-order valence-electron chi connectivity index (χ2n) is 9.56. The van der Waals surface area contributed by atoms with Gasteiger partial charge in [0.1, 0.15) is 23.4 Å². The molecule has 3 N–H and O–H groups in total. The minimum absolute atomic E-state index is 0.0448. The molecule has 1 fully saturated rings. The van der Waals surface area contributed by atoms with Crippen LogP contribution in [0, 0.1) is 24.1 Å². The monoisotopic (exact) mass is 493 g/mol. The zero-order valence-electron chi connectivity index (χ0n) is 19.7. The van der Waals surface area contributed by atoms with Crippen LogP contribution in [0.3, 0.4) is 0 Å². The fourth-order valence-corrected chi connectivity index (χ4v) is 5.89. The number of aryl methyl sites for hydroxylation is 1. The predicted octanol–water partition coefficient (Wildman–Crippen LogP) is 4.29. The van der Waals surface area contributed by atoms with Crippen molar-refractivity contribution in [2.45, 2.75) is 37.6 Å². The maximum atomic E-state index is 15.6. The molecule has 35 heavy (non-hydrogen) atoms. The summed E-state index contributed by atoms with van der Waals surface area (Å²) < 4.78 is 17.4. The van der Waals surface area contributed by atoms with E-state index in [-0.39, 0.29) is 28.3 Å². The molecule has 10 heteroatoms. The molecular weight excluding hydrogens is 469 g/mol. The molecule has 0 radical (unpaired) electrons. The molecule has 1 saturated carbocycles. The highest BCUT2D eigenvalue weighted by Gasteiger charge is 2.48. The smallest absolute Gasteiger partial charge is 0.258 e. The van der Waals surface area contributed by atoms with E-state index in [0.29, 0.717) is 28.6 Å². The van der Waals surface area contributed by atoms with E-state index in [4.69, 9.17) is 17.3 Å². The van der Waals surface area contributed by atoms with Crippen LogP contribution in [0.4, 0.5) is 15.9 Å². The molecule has 8 nitrogen and oxygen atoms in total. The minimum Gasteiger partial charge on any atom is -0.398 e. The van der Waals surface area contributed by atoms with E-state index in [1.807, 2.05) is 11.6 Å². The Labute approximate surface area is 207 Å². The number of anilines is 2. The number of fused-ring (bicyclic) bond motifs is 2. The van der Waals surface area contributed by atoms with Crippen LogP contribution >= 0.6 is 11.6 Å². The molecule has 5 rings (SSSR count). The topological polar surface area (TPSA) is 113 Å². The van der Waals surface area contributed by atoms with Crippen molar-refractivity contribution >= 4 is 29.0 Å². The summed E-state index contributed by atoms with van der Waals surface area (Å²) in [7, 11) is 3.09. The molecule has 2 aliphatic rings. The number of carbonyl (C=O) groups excluding carboxylic acids is 1. The number of nitriles is 1. The number of halogens is 2. The van der Waals surface area contributed by atoms with Gasteiger partial charge >= 0.3 is 0 Å². The lowest BCUT2D eigenvalue weighted by molar-refractivity contribution is 0.0824. The van der Waals surface area contributed by atoms with E-state index < -0.39 is 11.7 Å². The lowest BCUT2D eigenvalue weighted by Gasteiger charge is -2.25. The second kappa shape index (κ2) is 8.24. The maximum absolute atomic E-state index is 15.6. The van der Waals surface area contributed by atoms with Gasteiger partial charge in [0.05, 0.1) is 22.3 Å². The fourth-order valence-electron chi connectivity index (χ4n) is 5.45. The van der Waals surface area contributed by atoms with Gasteiger partial charge < -0.3 is 16.0 Å². The normalized spacial score (nSPS) is 20.5. The quantitative estimate of drug-likeness (QED) is 0.526. The van der Waals surface area contributed by atoms with Gasteiger partial charge in [-0.3, -0.25) is 9.48 Å². The lowest BCUT2D eigenvalue weighted by atomic mass is 9.80. The first kappa shape index (κ1) is 23.1. The zero-order valence-corrected chi connectivity index (χ0v) is 20.4. The van der Waals surface area contributed by atoms with Crippen LogP contribution in [0.1, 0.15) is 52.6 Å². The fraction of sp³-hybridized carbons (Fsp3) is 0.360. The van der Waals surface area contributed by atoms with Crippen LogP contribution in [0.15, 0.2) is 24.4 Å². The van der Waals surface area contributed by atoms with Crippen LogP contribution in [0.25, 0.3) is 11.1 Å². The lowest BCUT2D eigenvalue weighted by Crippen LogP contribution is -2.26. The Bertz CT molecular complexity index is 1410. The van der Waals surface area contributed by atoms with Gasteiger partial charge in [-0.2, -0.15) is 10.4 Å². The third-order valence-electron chi connectivity index (χ3n) is 7.13. The molecular formula is C25H25ClFN7O. The highest BCUT2D eigenvalue weighted by atomic mass is 35.5. The second-order valence-corrected chi connectivity index (χ2v) is 9.94. The number of nitrogens with two attached hydrogens (primary N) is 1. The van der Waals surface area contributed by atoms with Crippen molar-refractivity contribution < 1.29 is 9.18 Å². The molecule has 0 bridgehead atoms. The number of hydrogen-bond acceptors (Lipinski definition) is 6. The highest BCUT2D eigenvalue weighted by molar-refractivity contribution is 6.34. The first-order valence-corrected chi connectivity index (χ1v) is 11.7. The van der Waals surface area contributed by atoms with Crippen molar-refractivity contribution in [3.63, 3.8) is 0 Å². The molecule has 1 aromatic carbocycles. The molecule has 0 saturated heterocycles. The number of amides is 1. The van der Waals surface area contributed by atoms with E-state index in [2.05, 4.69) is 21.5 Å². The molecule has 1 amide bonds. The number of nitrogen functional groups attached to an aromatic ring is 1. The number of nitrogens with zero attached hydrogens (tertiary/aromatic N) is 5.